The van der Waals surface area contributed by atoms with E-state index in [0.717, 1.165) is 16.9 Å². The first-order valence-corrected chi connectivity index (χ1v) is 8.42. The maximum Gasteiger partial charge on any atom is 0.251 e. The second-order valence-corrected chi connectivity index (χ2v) is 5.76. The molecule has 2 aromatic rings. The molecular formula is C20H23N3O4. The van der Waals surface area contributed by atoms with Crippen molar-refractivity contribution >= 4 is 18.0 Å². The molecule has 7 nitrogen and oxygen atoms in total. The van der Waals surface area contributed by atoms with Gasteiger partial charge in [-0.15, -0.1) is 0 Å². The van der Waals surface area contributed by atoms with Crippen molar-refractivity contribution in [2.75, 3.05) is 20.8 Å². The molecule has 0 saturated heterocycles. The first kappa shape index (κ1) is 20.0. The fraction of sp³-hybridized carbons (Fsp3) is 0.250. The Morgan fingerprint density at radius 1 is 1.07 bits per heavy atom. The molecule has 0 heterocycles. The van der Waals surface area contributed by atoms with Gasteiger partial charge in [-0.1, -0.05) is 12.1 Å². The second-order valence-electron chi connectivity index (χ2n) is 5.76. The van der Waals surface area contributed by atoms with Crippen LogP contribution in [0.3, 0.4) is 0 Å². The summed E-state index contributed by atoms with van der Waals surface area (Å²) in [5, 5.41) is 6.60. The van der Waals surface area contributed by atoms with Crippen LogP contribution < -0.4 is 20.2 Å². The lowest BCUT2D eigenvalue weighted by atomic mass is 10.1. The zero-order valence-corrected chi connectivity index (χ0v) is 15.6. The number of nitrogens with zero attached hydrogens (tertiary/aromatic N) is 1. The van der Waals surface area contributed by atoms with Gasteiger partial charge >= 0.3 is 0 Å². The summed E-state index contributed by atoms with van der Waals surface area (Å²) in [6, 6.07) is 12.4. The summed E-state index contributed by atoms with van der Waals surface area (Å²) in [5.74, 6) is 0.891. The van der Waals surface area contributed by atoms with Gasteiger partial charge < -0.3 is 14.8 Å². The molecule has 0 spiro atoms. The van der Waals surface area contributed by atoms with Gasteiger partial charge in [0.2, 0.25) is 5.91 Å². The Kier molecular flexibility index (Phi) is 7.37. The van der Waals surface area contributed by atoms with Crippen LogP contribution in [0.25, 0.3) is 0 Å². The third-order valence-corrected chi connectivity index (χ3v) is 3.82. The molecule has 0 atom stereocenters. The van der Waals surface area contributed by atoms with E-state index in [9.17, 15) is 9.59 Å². The summed E-state index contributed by atoms with van der Waals surface area (Å²) in [5.41, 5.74) is 4.77. The van der Waals surface area contributed by atoms with Crippen molar-refractivity contribution in [3.8, 4) is 11.5 Å². The lowest BCUT2D eigenvalue weighted by molar-refractivity contribution is -0.120. The zero-order valence-electron chi connectivity index (χ0n) is 15.6. The van der Waals surface area contributed by atoms with Crippen LogP contribution in [0, 0.1) is 6.92 Å². The van der Waals surface area contributed by atoms with Crippen LogP contribution >= 0.6 is 0 Å². The standard InChI is InChI=1S/C20H23N3O4/c1-14-4-5-15(12-18(14)27-3)13-22-23-19(24)10-11-21-20(25)16-6-8-17(26-2)9-7-16/h4-9,12-13H,10-11H2,1-3H3,(H,21,25)(H,23,24). The van der Waals surface area contributed by atoms with Crippen molar-refractivity contribution in [1.29, 1.82) is 0 Å². The normalized spacial score (nSPS) is 10.5. The van der Waals surface area contributed by atoms with Crippen LogP contribution in [-0.4, -0.2) is 38.8 Å². The molecule has 7 heteroatoms. The Balaban J connectivity index is 1.74. The number of hydrogen-bond donors (Lipinski definition) is 2. The minimum Gasteiger partial charge on any atom is -0.497 e. The third kappa shape index (κ3) is 6.14. The number of ether oxygens (including phenoxy) is 2. The van der Waals surface area contributed by atoms with Gasteiger partial charge in [0.1, 0.15) is 11.5 Å². The zero-order chi connectivity index (χ0) is 19.6. The number of nitrogens with one attached hydrogen (secondary N) is 2. The van der Waals surface area contributed by atoms with E-state index in [-0.39, 0.29) is 24.8 Å². The largest absolute Gasteiger partial charge is 0.497 e. The molecule has 0 aliphatic rings. The first-order valence-electron chi connectivity index (χ1n) is 8.42. The number of carbonyl (C=O) groups excluding carboxylic acids is 2. The second kappa shape index (κ2) is 9.96. The van der Waals surface area contributed by atoms with Gasteiger partial charge in [0.05, 0.1) is 20.4 Å². The van der Waals surface area contributed by atoms with Crippen LogP contribution in [-0.2, 0) is 4.79 Å². The van der Waals surface area contributed by atoms with Crippen LogP contribution in [0.2, 0.25) is 0 Å². The lowest BCUT2D eigenvalue weighted by Crippen LogP contribution is -2.29. The maximum atomic E-state index is 12.0. The SMILES string of the molecule is COc1ccc(C(=O)NCCC(=O)NN=Cc2ccc(C)c(OC)c2)cc1. The van der Waals surface area contributed by atoms with E-state index in [2.05, 4.69) is 15.8 Å². The maximum absolute atomic E-state index is 12.0. The number of aryl methyl sites for hydroxylation is 1. The molecule has 2 amide bonds. The molecule has 0 unspecified atom stereocenters. The van der Waals surface area contributed by atoms with E-state index in [1.54, 1.807) is 38.5 Å². The Morgan fingerprint density at radius 3 is 2.48 bits per heavy atom. The van der Waals surface area contributed by atoms with Crippen molar-refractivity contribution in [3.05, 3.63) is 59.2 Å². The first-order chi connectivity index (χ1) is 13.0. The number of rotatable bonds is 8. The lowest BCUT2D eigenvalue weighted by Gasteiger charge is -2.06. The Bertz CT molecular complexity index is 816. The summed E-state index contributed by atoms with van der Waals surface area (Å²) in [6.07, 6.45) is 1.66. The van der Waals surface area contributed by atoms with Gasteiger partial charge in [-0.25, -0.2) is 5.43 Å². The van der Waals surface area contributed by atoms with Crippen molar-refractivity contribution in [2.45, 2.75) is 13.3 Å². The topological polar surface area (TPSA) is 89.0 Å². The van der Waals surface area contributed by atoms with E-state index in [1.165, 1.54) is 6.21 Å². The molecule has 0 saturated carbocycles. The Labute approximate surface area is 158 Å². The number of hydrazone groups is 1. The molecule has 0 aliphatic heterocycles. The third-order valence-electron chi connectivity index (χ3n) is 3.82. The number of methoxy groups -OCH3 is 2. The molecule has 142 valence electrons. The quantitative estimate of drug-likeness (QED) is 0.552. The average Bonchev–Trinajstić information content (AvgIpc) is 2.69. The summed E-state index contributed by atoms with van der Waals surface area (Å²) in [7, 11) is 3.16. The molecule has 27 heavy (non-hydrogen) atoms. The molecule has 0 aromatic heterocycles. The molecule has 0 bridgehead atoms. The minimum atomic E-state index is -0.291. The summed E-state index contributed by atoms with van der Waals surface area (Å²) < 4.78 is 10.3. The number of benzene rings is 2. The van der Waals surface area contributed by atoms with E-state index in [0.29, 0.717) is 11.3 Å². The van der Waals surface area contributed by atoms with Gasteiger partial charge in [0.25, 0.3) is 5.91 Å². The molecular weight excluding hydrogens is 346 g/mol. The highest BCUT2D eigenvalue weighted by molar-refractivity contribution is 5.94. The summed E-state index contributed by atoms with van der Waals surface area (Å²) in [6.45, 7) is 2.16. The smallest absolute Gasteiger partial charge is 0.251 e. The van der Waals surface area contributed by atoms with Gasteiger partial charge in [0.15, 0.2) is 0 Å². The van der Waals surface area contributed by atoms with Crippen LogP contribution in [0.1, 0.15) is 27.9 Å². The van der Waals surface area contributed by atoms with Crippen LogP contribution in [0.15, 0.2) is 47.6 Å². The number of carbonyl (C=O) groups is 2. The van der Waals surface area contributed by atoms with Crippen LogP contribution in [0.4, 0.5) is 0 Å². The van der Waals surface area contributed by atoms with E-state index < -0.39 is 0 Å². The summed E-state index contributed by atoms with van der Waals surface area (Å²) in [4.78, 5) is 23.8. The molecule has 0 fully saturated rings. The molecule has 0 radical (unpaired) electrons. The van der Waals surface area contributed by atoms with E-state index in [1.807, 2.05) is 25.1 Å². The molecule has 2 aromatic carbocycles. The van der Waals surface area contributed by atoms with Crippen molar-refractivity contribution in [1.82, 2.24) is 10.7 Å². The minimum absolute atomic E-state index is 0.121. The highest BCUT2D eigenvalue weighted by atomic mass is 16.5. The van der Waals surface area contributed by atoms with E-state index >= 15 is 0 Å². The fourth-order valence-corrected chi connectivity index (χ4v) is 2.29. The van der Waals surface area contributed by atoms with Crippen molar-refractivity contribution in [3.63, 3.8) is 0 Å². The molecule has 2 rings (SSSR count). The van der Waals surface area contributed by atoms with Gasteiger partial charge in [-0.2, -0.15) is 5.10 Å². The summed E-state index contributed by atoms with van der Waals surface area (Å²) >= 11 is 0. The highest BCUT2D eigenvalue weighted by Gasteiger charge is 2.06. The van der Waals surface area contributed by atoms with Crippen molar-refractivity contribution in [2.24, 2.45) is 5.10 Å². The number of hydrogen-bond acceptors (Lipinski definition) is 5. The molecule has 0 aliphatic carbocycles. The Morgan fingerprint density at radius 2 is 1.81 bits per heavy atom. The predicted molar refractivity (Wildman–Crippen MR) is 103 cm³/mol. The van der Waals surface area contributed by atoms with Gasteiger partial charge in [0, 0.05) is 18.5 Å². The van der Waals surface area contributed by atoms with Gasteiger partial charge in [-0.3, -0.25) is 9.59 Å². The number of amides is 2. The highest BCUT2D eigenvalue weighted by Crippen LogP contribution is 2.17. The van der Waals surface area contributed by atoms with Gasteiger partial charge in [-0.05, 0) is 48.4 Å². The van der Waals surface area contributed by atoms with E-state index in [4.69, 9.17) is 9.47 Å². The van der Waals surface area contributed by atoms with Crippen LogP contribution in [0.5, 0.6) is 11.5 Å². The van der Waals surface area contributed by atoms with Crippen molar-refractivity contribution < 1.29 is 19.1 Å². The average molecular weight is 369 g/mol. The monoisotopic (exact) mass is 369 g/mol. The Hall–Kier alpha value is -3.35. The molecule has 2 N–H and O–H groups in total. The fourth-order valence-electron chi connectivity index (χ4n) is 2.29. The predicted octanol–water partition coefficient (Wildman–Crippen LogP) is 2.28.